The van der Waals surface area contributed by atoms with Gasteiger partial charge in [0.15, 0.2) is 0 Å². The van der Waals surface area contributed by atoms with Crippen LogP contribution in [0, 0.1) is 6.92 Å². The van der Waals surface area contributed by atoms with Crippen molar-refractivity contribution in [2.24, 2.45) is 0 Å². The van der Waals surface area contributed by atoms with Gasteiger partial charge in [0, 0.05) is 18.7 Å². The van der Waals surface area contributed by atoms with Crippen molar-refractivity contribution in [1.82, 2.24) is 15.5 Å². The number of aromatic nitrogens is 2. The molecule has 0 fully saturated rings. The minimum Gasteiger partial charge on any atom is -0.416 e. The van der Waals surface area contributed by atoms with Crippen molar-refractivity contribution in [3.05, 3.63) is 41.3 Å². The van der Waals surface area contributed by atoms with Gasteiger partial charge in [-0.15, -0.1) is 10.2 Å². The summed E-state index contributed by atoms with van der Waals surface area (Å²) < 4.78 is 43.4. The van der Waals surface area contributed by atoms with E-state index in [9.17, 15) is 13.2 Å². The summed E-state index contributed by atoms with van der Waals surface area (Å²) in [6, 6.07) is 5.04. The van der Waals surface area contributed by atoms with Gasteiger partial charge in [0.05, 0.1) is 5.56 Å². The van der Waals surface area contributed by atoms with E-state index in [0.717, 1.165) is 12.1 Å². The minimum absolute atomic E-state index is 0.246. The monoisotopic (exact) mass is 317 g/mol. The third-order valence-electron chi connectivity index (χ3n) is 2.85. The van der Waals surface area contributed by atoms with Crippen molar-refractivity contribution < 1.29 is 17.6 Å². The Labute approximate surface area is 124 Å². The summed E-state index contributed by atoms with van der Waals surface area (Å²) >= 11 is 1.30. The van der Waals surface area contributed by atoms with E-state index in [2.05, 4.69) is 15.5 Å². The van der Waals surface area contributed by atoms with Crippen LogP contribution >= 0.6 is 11.8 Å². The molecule has 1 atom stereocenters. The summed E-state index contributed by atoms with van der Waals surface area (Å²) in [6.45, 7) is 1.68. The Bertz CT molecular complexity index is 600. The fraction of sp³-hybridized carbons (Fsp3) is 0.385. The van der Waals surface area contributed by atoms with E-state index in [1.807, 2.05) is 0 Å². The fourth-order valence-electron chi connectivity index (χ4n) is 1.77. The van der Waals surface area contributed by atoms with Gasteiger partial charge in [0.25, 0.3) is 5.22 Å². The van der Waals surface area contributed by atoms with Crippen LogP contribution in [0.15, 0.2) is 33.9 Å². The van der Waals surface area contributed by atoms with Crippen LogP contribution in [0.3, 0.4) is 0 Å². The minimum atomic E-state index is -4.34. The average molecular weight is 317 g/mol. The molecule has 4 nitrogen and oxygen atoms in total. The molecular formula is C13H14F3N3OS. The molecule has 2 aromatic rings. The van der Waals surface area contributed by atoms with Crippen LogP contribution in [0.2, 0.25) is 0 Å². The molecule has 0 bridgehead atoms. The van der Waals surface area contributed by atoms with Crippen LogP contribution in [0.25, 0.3) is 0 Å². The molecule has 114 valence electrons. The molecule has 8 heteroatoms. The van der Waals surface area contributed by atoms with Crippen molar-refractivity contribution in [1.29, 1.82) is 0 Å². The lowest BCUT2D eigenvalue weighted by atomic mass is 10.1. The summed E-state index contributed by atoms with van der Waals surface area (Å²) in [7, 11) is 1.70. The average Bonchev–Trinajstić information content (AvgIpc) is 2.85. The molecule has 1 aromatic heterocycles. The molecule has 1 unspecified atom stereocenters. The maximum atomic E-state index is 12.7. The first-order valence-electron chi connectivity index (χ1n) is 6.17. The van der Waals surface area contributed by atoms with Crippen LogP contribution in [0.1, 0.15) is 23.1 Å². The summed E-state index contributed by atoms with van der Waals surface area (Å²) in [6.07, 6.45) is -4.34. The fourth-order valence-corrected chi connectivity index (χ4v) is 2.72. The maximum Gasteiger partial charge on any atom is 0.416 e. The van der Waals surface area contributed by atoms with Crippen molar-refractivity contribution in [2.45, 2.75) is 24.4 Å². The smallest absolute Gasteiger partial charge is 0.416 e. The Hall–Kier alpha value is -1.54. The first-order chi connectivity index (χ1) is 9.90. The summed E-state index contributed by atoms with van der Waals surface area (Å²) in [4.78, 5) is 0. The third-order valence-corrected chi connectivity index (χ3v) is 3.76. The zero-order chi connectivity index (χ0) is 15.5. The van der Waals surface area contributed by atoms with Crippen molar-refractivity contribution in [3.63, 3.8) is 0 Å². The number of hydrogen-bond acceptors (Lipinski definition) is 5. The summed E-state index contributed by atoms with van der Waals surface area (Å²) in [5.74, 6) is 0.942. The van der Waals surface area contributed by atoms with Crippen LogP contribution in [0.5, 0.6) is 0 Å². The topological polar surface area (TPSA) is 51.0 Å². The SMILES string of the molecule is CNC(CSc1nnc(C)o1)c1cccc(C(F)(F)F)c1. The number of alkyl halides is 3. The first kappa shape index (κ1) is 15.8. The quantitative estimate of drug-likeness (QED) is 0.856. The Morgan fingerprint density at radius 2 is 2.10 bits per heavy atom. The van der Waals surface area contributed by atoms with Gasteiger partial charge in [0.1, 0.15) is 0 Å². The molecule has 1 aromatic carbocycles. The number of thioether (sulfide) groups is 1. The van der Waals surface area contributed by atoms with Crippen LogP contribution < -0.4 is 5.32 Å². The van der Waals surface area contributed by atoms with Gasteiger partial charge in [-0.3, -0.25) is 0 Å². The standard InChI is InChI=1S/C13H14F3N3OS/c1-8-18-19-12(20-8)21-7-11(17-2)9-4-3-5-10(6-9)13(14,15)16/h3-6,11,17H,7H2,1-2H3. The number of nitrogens with one attached hydrogen (secondary N) is 1. The lowest BCUT2D eigenvalue weighted by Crippen LogP contribution is -2.19. The van der Waals surface area contributed by atoms with Gasteiger partial charge < -0.3 is 9.73 Å². The number of benzene rings is 1. The largest absolute Gasteiger partial charge is 0.416 e. The Kier molecular flexibility index (Phi) is 4.89. The molecule has 2 rings (SSSR count). The normalized spacial score (nSPS) is 13.4. The van der Waals surface area contributed by atoms with Gasteiger partial charge in [-0.2, -0.15) is 13.2 Å². The second-order valence-electron chi connectivity index (χ2n) is 4.36. The van der Waals surface area contributed by atoms with Crippen molar-refractivity contribution >= 4 is 11.8 Å². The van der Waals surface area contributed by atoms with E-state index in [0.29, 0.717) is 22.4 Å². The zero-order valence-corrected chi connectivity index (χ0v) is 12.3. The zero-order valence-electron chi connectivity index (χ0n) is 11.4. The number of rotatable bonds is 5. The Balaban J connectivity index is 2.10. The number of nitrogens with zero attached hydrogens (tertiary/aromatic N) is 2. The van der Waals surface area contributed by atoms with Gasteiger partial charge in [0.2, 0.25) is 5.89 Å². The predicted octanol–water partition coefficient (Wildman–Crippen LogP) is 3.45. The van der Waals surface area contributed by atoms with Gasteiger partial charge in [-0.1, -0.05) is 23.9 Å². The molecule has 0 spiro atoms. The summed E-state index contributed by atoms with van der Waals surface area (Å²) in [5.41, 5.74) is -0.0880. The molecular weight excluding hydrogens is 303 g/mol. The van der Waals surface area contributed by atoms with E-state index >= 15 is 0 Å². The number of hydrogen-bond donors (Lipinski definition) is 1. The highest BCUT2D eigenvalue weighted by Crippen LogP contribution is 2.31. The molecule has 0 aliphatic carbocycles. The van der Waals surface area contributed by atoms with Crippen molar-refractivity contribution in [3.8, 4) is 0 Å². The molecule has 0 saturated carbocycles. The van der Waals surface area contributed by atoms with Gasteiger partial charge >= 0.3 is 6.18 Å². The molecule has 0 radical (unpaired) electrons. The lowest BCUT2D eigenvalue weighted by Gasteiger charge is -2.17. The Morgan fingerprint density at radius 3 is 2.67 bits per heavy atom. The van der Waals surface area contributed by atoms with E-state index in [1.165, 1.54) is 17.8 Å². The van der Waals surface area contributed by atoms with Crippen LogP contribution in [0.4, 0.5) is 13.2 Å². The third kappa shape index (κ3) is 4.21. The Morgan fingerprint density at radius 1 is 1.33 bits per heavy atom. The first-order valence-corrected chi connectivity index (χ1v) is 7.16. The maximum absolute atomic E-state index is 12.7. The van der Waals surface area contributed by atoms with E-state index in [-0.39, 0.29) is 6.04 Å². The molecule has 0 amide bonds. The van der Waals surface area contributed by atoms with Gasteiger partial charge in [-0.25, -0.2) is 0 Å². The highest BCUT2D eigenvalue weighted by molar-refractivity contribution is 7.99. The van der Waals surface area contributed by atoms with E-state index < -0.39 is 11.7 Å². The predicted molar refractivity (Wildman–Crippen MR) is 73.0 cm³/mol. The number of halogens is 3. The second kappa shape index (κ2) is 6.48. The molecule has 21 heavy (non-hydrogen) atoms. The van der Waals surface area contributed by atoms with E-state index in [1.54, 1.807) is 20.0 Å². The highest BCUT2D eigenvalue weighted by Gasteiger charge is 2.30. The molecule has 0 saturated heterocycles. The van der Waals surface area contributed by atoms with Gasteiger partial charge in [-0.05, 0) is 24.7 Å². The second-order valence-corrected chi connectivity index (χ2v) is 5.33. The molecule has 0 aliphatic heterocycles. The molecule has 0 aliphatic rings. The highest BCUT2D eigenvalue weighted by atomic mass is 32.2. The van der Waals surface area contributed by atoms with Crippen molar-refractivity contribution in [2.75, 3.05) is 12.8 Å². The van der Waals surface area contributed by atoms with Crippen LogP contribution in [-0.2, 0) is 6.18 Å². The molecule has 1 heterocycles. The van der Waals surface area contributed by atoms with E-state index in [4.69, 9.17) is 4.42 Å². The summed E-state index contributed by atoms with van der Waals surface area (Å²) in [5, 5.41) is 10.9. The number of aryl methyl sites for hydroxylation is 1. The lowest BCUT2D eigenvalue weighted by molar-refractivity contribution is -0.137. The molecule has 1 N–H and O–H groups in total. The van der Waals surface area contributed by atoms with Crippen LogP contribution in [-0.4, -0.2) is 23.0 Å².